The van der Waals surface area contributed by atoms with Gasteiger partial charge < -0.3 is 19.1 Å². The van der Waals surface area contributed by atoms with Crippen molar-refractivity contribution in [1.29, 1.82) is 0 Å². The Morgan fingerprint density at radius 2 is 1.70 bits per heavy atom. The summed E-state index contributed by atoms with van der Waals surface area (Å²) in [5.74, 6) is -0.0466. The number of nitrogens with zero attached hydrogens (tertiary/aromatic N) is 6. The van der Waals surface area contributed by atoms with Crippen LogP contribution in [0.1, 0.15) is 45.6 Å². The molecule has 5 heterocycles. The minimum absolute atomic E-state index is 0.0530. The van der Waals surface area contributed by atoms with Crippen LogP contribution in [0.3, 0.4) is 0 Å². The molecular weight excluding hydrogens is 695 g/mol. The van der Waals surface area contributed by atoms with Crippen LogP contribution in [0.2, 0.25) is 5.02 Å². The lowest BCUT2D eigenvalue weighted by atomic mass is 10.0. The molecule has 10 nitrogen and oxygen atoms in total. The third-order valence-corrected chi connectivity index (χ3v) is 10.8. The standard InChI is InChI=1S/C41H44ClFN6O4/c1-41(2,3)53-40(50)49-27-16-17-28(49)21-48(20-27)38-32-19-44-36(31-14-8-12-26-13-9-15-33(42)34(26)31)35(43)37(32)45-39(46-38)52-24-29-18-30(22-47(29)4)51-23-25-10-6-5-7-11-25/h5-15,19,27-30H,16-18,20-24H2,1-4H3/t27-,28+,29-,30-/m0/s1. The van der Waals surface area contributed by atoms with E-state index >= 15 is 4.39 Å². The molecule has 12 heteroatoms. The van der Waals surface area contributed by atoms with Gasteiger partial charge in [0.1, 0.15) is 29.2 Å². The van der Waals surface area contributed by atoms with Gasteiger partial charge in [0.25, 0.3) is 0 Å². The van der Waals surface area contributed by atoms with Crippen LogP contribution in [0, 0.1) is 5.82 Å². The molecule has 0 saturated carbocycles. The van der Waals surface area contributed by atoms with Crippen LogP contribution in [-0.4, -0.2) is 94.0 Å². The first-order valence-corrected chi connectivity index (χ1v) is 18.7. The number of likely N-dealkylation sites (N-methyl/N-ethyl adjacent to an activating group) is 1. The van der Waals surface area contributed by atoms with Crippen molar-refractivity contribution in [3.63, 3.8) is 0 Å². The largest absolute Gasteiger partial charge is 0.462 e. The fraction of sp³-hybridized carbons (Fsp3) is 0.415. The van der Waals surface area contributed by atoms with Gasteiger partial charge in [0.2, 0.25) is 0 Å². The molecule has 1 amide bonds. The number of carbonyl (C=O) groups is 1. The quantitative estimate of drug-likeness (QED) is 0.158. The van der Waals surface area contributed by atoms with Crippen LogP contribution >= 0.6 is 11.6 Å². The van der Waals surface area contributed by atoms with Gasteiger partial charge in [0.15, 0.2) is 5.82 Å². The number of benzene rings is 3. The van der Waals surface area contributed by atoms with Crippen molar-refractivity contribution in [2.45, 2.75) is 76.5 Å². The highest BCUT2D eigenvalue weighted by molar-refractivity contribution is 6.36. The summed E-state index contributed by atoms with van der Waals surface area (Å²) in [7, 11) is 2.05. The maximum atomic E-state index is 16.9. The molecular formula is C41H44ClFN6O4. The Bertz CT molecular complexity index is 2130. The Morgan fingerprint density at radius 3 is 2.43 bits per heavy atom. The van der Waals surface area contributed by atoms with Crippen molar-refractivity contribution in [1.82, 2.24) is 24.8 Å². The maximum Gasteiger partial charge on any atom is 0.410 e. The number of rotatable bonds is 8. The van der Waals surface area contributed by atoms with Gasteiger partial charge in [-0.05, 0) is 64.1 Å². The van der Waals surface area contributed by atoms with E-state index in [1.54, 1.807) is 12.3 Å². The molecule has 2 aromatic heterocycles. The van der Waals surface area contributed by atoms with Crippen molar-refractivity contribution in [3.8, 4) is 17.3 Å². The first-order chi connectivity index (χ1) is 25.5. The molecule has 8 rings (SSSR count). The highest BCUT2D eigenvalue weighted by atomic mass is 35.5. The Balaban J connectivity index is 1.11. The lowest BCUT2D eigenvalue weighted by Gasteiger charge is -2.42. The Kier molecular flexibility index (Phi) is 9.59. The van der Waals surface area contributed by atoms with Crippen LogP contribution in [0.5, 0.6) is 6.01 Å². The normalized spacial score (nSPS) is 21.8. The first kappa shape index (κ1) is 35.4. The molecule has 3 aliphatic rings. The van der Waals surface area contributed by atoms with Crippen LogP contribution in [0.25, 0.3) is 32.9 Å². The zero-order valence-corrected chi connectivity index (χ0v) is 31.2. The second-order valence-corrected chi connectivity index (χ2v) is 15.8. The van der Waals surface area contributed by atoms with Gasteiger partial charge in [0.05, 0.1) is 30.2 Å². The molecule has 0 N–H and O–H groups in total. The van der Waals surface area contributed by atoms with E-state index in [0.29, 0.717) is 48.1 Å². The van der Waals surface area contributed by atoms with Gasteiger partial charge in [-0.1, -0.05) is 72.3 Å². The second kappa shape index (κ2) is 14.3. The number of hydrogen-bond acceptors (Lipinski definition) is 9. The van der Waals surface area contributed by atoms with Crippen molar-refractivity contribution in [3.05, 3.63) is 89.3 Å². The number of likely N-dealkylation sites (tertiary alicyclic amines) is 1. The molecule has 0 unspecified atom stereocenters. The molecule has 0 spiro atoms. The van der Waals surface area contributed by atoms with E-state index in [2.05, 4.69) is 34.0 Å². The van der Waals surface area contributed by atoms with E-state index in [-0.39, 0.29) is 47.5 Å². The fourth-order valence-corrected chi connectivity index (χ4v) is 8.28. The molecule has 3 fully saturated rings. The lowest BCUT2D eigenvalue weighted by molar-refractivity contribution is 0.0122. The highest BCUT2D eigenvalue weighted by Gasteiger charge is 2.45. The van der Waals surface area contributed by atoms with Crippen molar-refractivity contribution in [2.75, 3.05) is 38.2 Å². The average molecular weight is 739 g/mol. The SMILES string of the molecule is CN1C[C@@H](OCc2ccccc2)C[C@H]1COc1nc(N2C[C@H]3CC[C@@H](C2)N3C(=O)OC(C)(C)C)c2cnc(-c3cccc4cccc(Cl)c34)c(F)c2n1. The van der Waals surface area contributed by atoms with Crippen LogP contribution in [0.4, 0.5) is 15.0 Å². The topological polar surface area (TPSA) is 93.2 Å². The number of ether oxygens (including phenoxy) is 3. The number of aromatic nitrogens is 3. The summed E-state index contributed by atoms with van der Waals surface area (Å²) in [6.07, 6.45) is 3.85. The summed E-state index contributed by atoms with van der Waals surface area (Å²) >= 11 is 6.66. The lowest BCUT2D eigenvalue weighted by Crippen LogP contribution is -2.57. The number of carbonyl (C=O) groups excluding carboxylic acids is 1. The summed E-state index contributed by atoms with van der Waals surface area (Å²) in [6.45, 7) is 8.27. The number of amides is 1. The van der Waals surface area contributed by atoms with Gasteiger partial charge >= 0.3 is 12.1 Å². The molecule has 276 valence electrons. The predicted octanol–water partition coefficient (Wildman–Crippen LogP) is 7.89. The number of pyridine rings is 1. The first-order valence-electron chi connectivity index (χ1n) is 18.3. The van der Waals surface area contributed by atoms with Gasteiger partial charge in [-0.15, -0.1) is 0 Å². The molecule has 0 radical (unpaired) electrons. The number of halogens is 2. The highest BCUT2D eigenvalue weighted by Crippen LogP contribution is 2.40. The number of hydrogen-bond donors (Lipinski definition) is 0. The molecule has 53 heavy (non-hydrogen) atoms. The minimum atomic E-state index is -0.598. The summed E-state index contributed by atoms with van der Waals surface area (Å²) < 4.78 is 35.3. The van der Waals surface area contributed by atoms with E-state index < -0.39 is 11.4 Å². The molecule has 3 saturated heterocycles. The van der Waals surface area contributed by atoms with E-state index in [4.69, 9.17) is 35.8 Å². The van der Waals surface area contributed by atoms with Gasteiger partial charge in [-0.2, -0.15) is 9.97 Å². The van der Waals surface area contributed by atoms with Gasteiger partial charge in [0, 0.05) is 47.8 Å². The van der Waals surface area contributed by atoms with E-state index in [9.17, 15) is 4.79 Å². The third-order valence-electron chi connectivity index (χ3n) is 10.5. The molecule has 4 atom stereocenters. The van der Waals surface area contributed by atoms with Crippen LogP contribution in [0.15, 0.2) is 72.9 Å². The number of anilines is 1. The smallest absolute Gasteiger partial charge is 0.410 e. The van der Waals surface area contributed by atoms with Crippen LogP contribution in [-0.2, 0) is 16.1 Å². The van der Waals surface area contributed by atoms with E-state index in [1.165, 1.54) is 0 Å². The van der Waals surface area contributed by atoms with E-state index in [0.717, 1.165) is 42.1 Å². The van der Waals surface area contributed by atoms with Crippen LogP contribution < -0.4 is 9.64 Å². The second-order valence-electron chi connectivity index (χ2n) is 15.4. The molecule has 5 aromatic rings. The van der Waals surface area contributed by atoms with Crippen molar-refractivity contribution in [2.24, 2.45) is 0 Å². The molecule has 0 aliphatic carbocycles. The summed E-state index contributed by atoms with van der Waals surface area (Å²) in [5, 5.41) is 2.59. The molecule has 3 aromatic carbocycles. The van der Waals surface area contributed by atoms with Gasteiger partial charge in [-0.25, -0.2) is 9.18 Å². The Morgan fingerprint density at radius 1 is 0.962 bits per heavy atom. The van der Waals surface area contributed by atoms with Crippen molar-refractivity contribution < 1.29 is 23.4 Å². The predicted molar refractivity (Wildman–Crippen MR) is 204 cm³/mol. The summed E-state index contributed by atoms with van der Waals surface area (Å²) in [6, 6.07) is 21.4. The summed E-state index contributed by atoms with van der Waals surface area (Å²) in [4.78, 5) is 33.7. The average Bonchev–Trinajstić information content (AvgIpc) is 3.63. The van der Waals surface area contributed by atoms with E-state index in [1.807, 2.05) is 74.2 Å². The molecule has 3 aliphatic heterocycles. The summed E-state index contributed by atoms with van der Waals surface area (Å²) in [5.41, 5.74) is 1.38. The monoisotopic (exact) mass is 738 g/mol. The Labute approximate surface area is 313 Å². The third kappa shape index (κ3) is 7.22. The number of piperazine rings is 1. The number of fused-ring (bicyclic) bond motifs is 4. The molecule has 2 bridgehead atoms. The fourth-order valence-electron chi connectivity index (χ4n) is 8.00. The van der Waals surface area contributed by atoms with Gasteiger partial charge in [-0.3, -0.25) is 14.8 Å². The minimum Gasteiger partial charge on any atom is -0.462 e. The zero-order chi connectivity index (χ0) is 36.9. The zero-order valence-electron chi connectivity index (χ0n) is 30.5. The maximum absolute atomic E-state index is 16.9. The van der Waals surface area contributed by atoms with Crippen molar-refractivity contribution >= 4 is 45.2 Å². The Hall–Kier alpha value is -4.58.